The zero-order valence-corrected chi connectivity index (χ0v) is 17.2. The summed E-state index contributed by atoms with van der Waals surface area (Å²) in [5, 5.41) is 3.47. The Morgan fingerprint density at radius 3 is 2.72 bits per heavy atom. The minimum Gasteiger partial charge on any atom is -0.439 e. The van der Waals surface area contributed by atoms with Crippen molar-refractivity contribution in [2.45, 2.75) is 19.9 Å². The van der Waals surface area contributed by atoms with Crippen molar-refractivity contribution < 1.29 is 13.2 Å². The fourth-order valence-corrected chi connectivity index (χ4v) is 4.24. The Kier molecular flexibility index (Phi) is 5.25. The molecule has 0 fully saturated rings. The van der Waals surface area contributed by atoms with Gasteiger partial charge in [-0.25, -0.2) is 13.4 Å². The first-order chi connectivity index (χ1) is 13.9. The predicted octanol–water partition coefficient (Wildman–Crippen LogP) is 4.24. The third-order valence-electron chi connectivity index (χ3n) is 5.02. The van der Waals surface area contributed by atoms with Gasteiger partial charge < -0.3 is 10.1 Å². The van der Waals surface area contributed by atoms with Gasteiger partial charge in [0.2, 0.25) is 15.9 Å². The topological polar surface area (TPSA) is 71.5 Å². The summed E-state index contributed by atoms with van der Waals surface area (Å²) in [6.07, 6.45) is 3.63. The van der Waals surface area contributed by atoms with Gasteiger partial charge in [0.15, 0.2) is 0 Å². The predicted molar refractivity (Wildman–Crippen MR) is 114 cm³/mol. The molecule has 150 valence electrons. The van der Waals surface area contributed by atoms with Gasteiger partial charge in [-0.1, -0.05) is 24.3 Å². The lowest BCUT2D eigenvalue weighted by Gasteiger charge is -2.28. The molecular formula is C22H23N3O3S. The van der Waals surface area contributed by atoms with Crippen LogP contribution in [0, 0.1) is 6.92 Å². The van der Waals surface area contributed by atoms with E-state index >= 15 is 0 Å². The lowest BCUT2D eigenvalue weighted by atomic mass is 9.99. The molecule has 29 heavy (non-hydrogen) atoms. The van der Waals surface area contributed by atoms with Crippen molar-refractivity contribution in [1.29, 1.82) is 0 Å². The third kappa shape index (κ3) is 4.41. The highest BCUT2D eigenvalue weighted by atomic mass is 32.2. The Labute approximate surface area is 171 Å². The van der Waals surface area contributed by atoms with Crippen LogP contribution in [0.2, 0.25) is 0 Å². The van der Waals surface area contributed by atoms with Crippen molar-refractivity contribution in [3.05, 3.63) is 77.5 Å². The third-order valence-corrected chi connectivity index (χ3v) is 6.27. The van der Waals surface area contributed by atoms with Crippen LogP contribution in [-0.2, 0) is 23.0 Å². The number of pyridine rings is 1. The summed E-state index contributed by atoms with van der Waals surface area (Å²) >= 11 is 0. The van der Waals surface area contributed by atoms with Crippen LogP contribution in [0.1, 0.15) is 16.7 Å². The molecule has 2 heterocycles. The molecule has 0 radical (unpaired) electrons. The standard InChI is InChI=1S/C22H23N3O3S/c1-16-9-10-18(14-21(16)28-22-8-3-4-12-23-22)24-20-7-5-6-17-15-25(29(2,26)27)13-11-19(17)20/h3-10,12,14,24H,11,13,15H2,1-2H3. The molecule has 0 bridgehead atoms. The molecule has 0 atom stereocenters. The molecular weight excluding hydrogens is 386 g/mol. The van der Waals surface area contributed by atoms with Gasteiger partial charge in [0, 0.05) is 42.8 Å². The number of aromatic nitrogens is 1. The average molecular weight is 410 g/mol. The second-order valence-electron chi connectivity index (χ2n) is 7.17. The van der Waals surface area contributed by atoms with Crippen molar-refractivity contribution >= 4 is 21.4 Å². The van der Waals surface area contributed by atoms with Crippen molar-refractivity contribution in [3.8, 4) is 11.6 Å². The van der Waals surface area contributed by atoms with E-state index in [9.17, 15) is 8.42 Å². The number of hydrogen-bond donors (Lipinski definition) is 1. The molecule has 4 rings (SSSR count). The summed E-state index contributed by atoms with van der Waals surface area (Å²) in [5.74, 6) is 1.28. The van der Waals surface area contributed by atoms with E-state index in [0.717, 1.165) is 33.8 Å². The number of benzene rings is 2. The first kappa shape index (κ1) is 19.4. The number of aryl methyl sites for hydroxylation is 1. The summed E-state index contributed by atoms with van der Waals surface area (Å²) in [5.41, 5.74) is 5.09. The van der Waals surface area contributed by atoms with E-state index in [0.29, 0.717) is 25.4 Å². The van der Waals surface area contributed by atoms with Gasteiger partial charge in [0.05, 0.1) is 6.26 Å². The Morgan fingerprint density at radius 2 is 1.97 bits per heavy atom. The van der Waals surface area contributed by atoms with Crippen LogP contribution < -0.4 is 10.1 Å². The lowest BCUT2D eigenvalue weighted by molar-refractivity contribution is 0.395. The fraction of sp³-hybridized carbons (Fsp3) is 0.227. The van der Waals surface area contributed by atoms with Crippen LogP contribution in [0.15, 0.2) is 60.8 Å². The number of nitrogens with one attached hydrogen (secondary N) is 1. The maximum atomic E-state index is 11.9. The summed E-state index contributed by atoms with van der Waals surface area (Å²) < 4.78 is 31.2. The molecule has 0 aliphatic carbocycles. The molecule has 1 aliphatic rings. The fourth-order valence-electron chi connectivity index (χ4n) is 3.45. The molecule has 6 nitrogen and oxygen atoms in total. The zero-order chi connectivity index (χ0) is 20.4. The Hall–Kier alpha value is -2.90. The number of rotatable bonds is 5. The highest BCUT2D eigenvalue weighted by molar-refractivity contribution is 7.88. The smallest absolute Gasteiger partial charge is 0.219 e. The second-order valence-corrected chi connectivity index (χ2v) is 9.15. The van der Waals surface area contributed by atoms with Crippen LogP contribution in [-0.4, -0.2) is 30.5 Å². The number of nitrogens with zero attached hydrogens (tertiary/aromatic N) is 2. The first-order valence-electron chi connectivity index (χ1n) is 9.42. The first-order valence-corrected chi connectivity index (χ1v) is 11.3. The maximum absolute atomic E-state index is 11.9. The van der Waals surface area contributed by atoms with E-state index < -0.39 is 10.0 Å². The number of fused-ring (bicyclic) bond motifs is 1. The molecule has 1 N–H and O–H groups in total. The van der Waals surface area contributed by atoms with Crippen molar-refractivity contribution in [3.63, 3.8) is 0 Å². The quantitative estimate of drug-likeness (QED) is 0.682. The minimum atomic E-state index is -3.19. The normalized spacial score (nSPS) is 14.3. The van der Waals surface area contributed by atoms with Crippen LogP contribution in [0.3, 0.4) is 0 Å². The van der Waals surface area contributed by atoms with Crippen LogP contribution in [0.5, 0.6) is 11.6 Å². The largest absolute Gasteiger partial charge is 0.439 e. The summed E-state index contributed by atoms with van der Waals surface area (Å²) in [7, 11) is -3.19. The van der Waals surface area contributed by atoms with Gasteiger partial charge in [-0.15, -0.1) is 0 Å². The molecule has 1 aromatic heterocycles. The number of hydrogen-bond acceptors (Lipinski definition) is 5. The number of sulfonamides is 1. The summed E-state index contributed by atoms with van der Waals surface area (Å²) in [6.45, 7) is 2.89. The van der Waals surface area contributed by atoms with Crippen molar-refractivity contribution in [2.24, 2.45) is 0 Å². The highest BCUT2D eigenvalue weighted by Crippen LogP contribution is 2.32. The molecule has 0 spiro atoms. The molecule has 0 saturated heterocycles. The Bertz CT molecular complexity index is 1130. The molecule has 0 amide bonds. The van der Waals surface area contributed by atoms with Gasteiger partial charge in [-0.2, -0.15) is 4.31 Å². The van der Waals surface area contributed by atoms with Crippen LogP contribution >= 0.6 is 0 Å². The van der Waals surface area contributed by atoms with E-state index in [2.05, 4.69) is 10.3 Å². The Morgan fingerprint density at radius 1 is 1.10 bits per heavy atom. The monoisotopic (exact) mass is 409 g/mol. The maximum Gasteiger partial charge on any atom is 0.219 e. The number of ether oxygens (including phenoxy) is 1. The average Bonchev–Trinajstić information content (AvgIpc) is 2.70. The van der Waals surface area contributed by atoms with E-state index in [4.69, 9.17) is 4.74 Å². The second kappa shape index (κ2) is 7.85. The van der Waals surface area contributed by atoms with Gasteiger partial charge >= 0.3 is 0 Å². The molecule has 2 aromatic carbocycles. The van der Waals surface area contributed by atoms with Gasteiger partial charge in [-0.3, -0.25) is 0 Å². The lowest BCUT2D eigenvalue weighted by Crippen LogP contribution is -2.35. The van der Waals surface area contributed by atoms with Gasteiger partial charge in [0.1, 0.15) is 5.75 Å². The van der Waals surface area contributed by atoms with E-state index in [1.54, 1.807) is 6.20 Å². The van der Waals surface area contributed by atoms with Crippen molar-refractivity contribution in [1.82, 2.24) is 9.29 Å². The highest BCUT2D eigenvalue weighted by Gasteiger charge is 2.24. The van der Waals surface area contributed by atoms with E-state index in [-0.39, 0.29) is 0 Å². The minimum absolute atomic E-state index is 0.408. The molecule has 1 aliphatic heterocycles. The van der Waals surface area contributed by atoms with E-state index in [1.165, 1.54) is 10.6 Å². The van der Waals surface area contributed by atoms with Crippen LogP contribution in [0.4, 0.5) is 11.4 Å². The number of anilines is 2. The summed E-state index contributed by atoms with van der Waals surface area (Å²) in [6, 6.07) is 17.5. The zero-order valence-electron chi connectivity index (χ0n) is 16.4. The molecule has 7 heteroatoms. The van der Waals surface area contributed by atoms with Crippen molar-refractivity contribution in [2.75, 3.05) is 18.1 Å². The van der Waals surface area contributed by atoms with E-state index in [1.807, 2.05) is 61.5 Å². The summed E-state index contributed by atoms with van der Waals surface area (Å²) in [4.78, 5) is 4.22. The molecule has 0 unspecified atom stereocenters. The molecule has 3 aromatic rings. The van der Waals surface area contributed by atoms with Crippen LogP contribution in [0.25, 0.3) is 0 Å². The SMILES string of the molecule is Cc1ccc(Nc2cccc3c2CCN(S(C)(=O)=O)C3)cc1Oc1ccccn1. The Balaban J connectivity index is 1.58. The molecule has 0 saturated carbocycles. The van der Waals surface area contributed by atoms with Gasteiger partial charge in [0.25, 0.3) is 0 Å². The van der Waals surface area contributed by atoms with Gasteiger partial charge in [-0.05, 0) is 48.2 Å².